The Bertz CT molecular complexity index is 1190. The molecule has 0 aliphatic rings. The van der Waals surface area contributed by atoms with E-state index in [0.29, 0.717) is 30.9 Å². The SMILES string of the molecule is CC#CCc1nn(CC=CC)c(=O)n1Cc1ccc(-c2ccccc2C(=O)O)cc1. The van der Waals surface area contributed by atoms with Crippen molar-refractivity contribution in [3.8, 4) is 23.0 Å². The van der Waals surface area contributed by atoms with E-state index in [1.54, 1.807) is 29.7 Å². The number of hydrogen-bond acceptors (Lipinski definition) is 3. The van der Waals surface area contributed by atoms with Crippen molar-refractivity contribution in [1.82, 2.24) is 14.3 Å². The quantitative estimate of drug-likeness (QED) is 0.485. The summed E-state index contributed by atoms with van der Waals surface area (Å²) in [6, 6.07) is 14.4. The van der Waals surface area contributed by atoms with E-state index in [9.17, 15) is 14.7 Å². The van der Waals surface area contributed by atoms with Crippen LogP contribution in [0.15, 0.2) is 65.5 Å². The Morgan fingerprint density at radius 3 is 2.57 bits per heavy atom. The van der Waals surface area contributed by atoms with Gasteiger partial charge in [-0.2, -0.15) is 5.10 Å². The zero-order chi connectivity index (χ0) is 21.5. The van der Waals surface area contributed by atoms with Crippen molar-refractivity contribution in [1.29, 1.82) is 0 Å². The van der Waals surface area contributed by atoms with Crippen LogP contribution in [0.5, 0.6) is 0 Å². The van der Waals surface area contributed by atoms with Gasteiger partial charge in [0.15, 0.2) is 0 Å². The van der Waals surface area contributed by atoms with Crippen molar-refractivity contribution >= 4 is 5.97 Å². The molecule has 0 amide bonds. The first-order chi connectivity index (χ1) is 14.5. The third kappa shape index (κ3) is 4.58. The third-order valence-corrected chi connectivity index (χ3v) is 4.70. The summed E-state index contributed by atoms with van der Waals surface area (Å²) >= 11 is 0. The highest BCUT2D eigenvalue weighted by atomic mass is 16.4. The summed E-state index contributed by atoms with van der Waals surface area (Å²) in [6.45, 7) is 4.44. The smallest absolute Gasteiger partial charge is 0.346 e. The van der Waals surface area contributed by atoms with E-state index >= 15 is 0 Å². The van der Waals surface area contributed by atoms with Crippen LogP contribution in [0.4, 0.5) is 0 Å². The van der Waals surface area contributed by atoms with Crippen LogP contribution in [0.25, 0.3) is 11.1 Å². The van der Waals surface area contributed by atoms with Crippen LogP contribution >= 0.6 is 0 Å². The second-order valence-electron chi connectivity index (χ2n) is 6.69. The van der Waals surface area contributed by atoms with Gasteiger partial charge in [0.2, 0.25) is 0 Å². The van der Waals surface area contributed by atoms with Crippen LogP contribution < -0.4 is 5.69 Å². The van der Waals surface area contributed by atoms with Gasteiger partial charge in [-0.15, -0.1) is 5.92 Å². The van der Waals surface area contributed by atoms with Gasteiger partial charge in [-0.05, 0) is 36.6 Å². The van der Waals surface area contributed by atoms with Crippen molar-refractivity contribution in [2.75, 3.05) is 0 Å². The first-order valence-corrected chi connectivity index (χ1v) is 9.64. The van der Waals surface area contributed by atoms with Crippen molar-refractivity contribution in [2.45, 2.75) is 33.4 Å². The molecule has 0 aliphatic heterocycles. The van der Waals surface area contributed by atoms with E-state index < -0.39 is 5.97 Å². The molecule has 0 saturated carbocycles. The topological polar surface area (TPSA) is 77.1 Å². The molecule has 1 N–H and O–H groups in total. The summed E-state index contributed by atoms with van der Waals surface area (Å²) in [6.07, 6.45) is 4.16. The minimum Gasteiger partial charge on any atom is -0.478 e. The molecule has 0 bridgehead atoms. The molecule has 0 radical (unpaired) electrons. The maximum absolute atomic E-state index is 12.8. The molecule has 152 valence electrons. The maximum atomic E-state index is 12.8. The molecule has 0 fully saturated rings. The fourth-order valence-electron chi connectivity index (χ4n) is 3.16. The lowest BCUT2D eigenvalue weighted by molar-refractivity contribution is 0.0697. The van der Waals surface area contributed by atoms with Gasteiger partial charge >= 0.3 is 11.7 Å². The van der Waals surface area contributed by atoms with E-state index in [1.165, 1.54) is 4.68 Å². The van der Waals surface area contributed by atoms with Crippen LogP contribution in [-0.2, 0) is 19.5 Å². The molecule has 0 unspecified atom stereocenters. The van der Waals surface area contributed by atoms with Crippen molar-refractivity contribution in [3.05, 3.63) is 88.1 Å². The molecule has 0 spiro atoms. The predicted molar refractivity (Wildman–Crippen MR) is 116 cm³/mol. The number of carboxylic acid groups (broad SMARTS) is 1. The van der Waals surface area contributed by atoms with Gasteiger partial charge in [-0.25, -0.2) is 14.3 Å². The van der Waals surface area contributed by atoms with Gasteiger partial charge < -0.3 is 5.11 Å². The molecule has 30 heavy (non-hydrogen) atoms. The van der Waals surface area contributed by atoms with Crippen LogP contribution in [0.1, 0.15) is 35.6 Å². The molecule has 2 aromatic carbocycles. The van der Waals surface area contributed by atoms with Crippen LogP contribution in [-0.4, -0.2) is 25.4 Å². The van der Waals surface area contributed by atoms with Gasteiger partial charge in [0.1, 0.15) is 5.82 Å². The van der Waals surface area contributed by atoms with E-state index in [1.807, 2.05) is 49.4 Å². The van der Waals surface area contributed by atoms with Gasteiger partial charge in [0, 0.05) is 0 Å². The number of carbonyl (C=O) groups is 1. The van der Waals surface area contributed by atoms with Crippen LogP contribution in [0.2, 0.25) is 0 Å². The minimum atomic E-state index is -0.962. The number of carboxylic acids is 1. The second-order valence-corrected chi connectivity index (χ2v) is 6.69. The second kappa shape index (κ2) is 9.57. The predicted octanol–water partition coefficient (Wildman–Crippen LogP) is 3.60. The molecule has 0 atom stereocenters. The molecule has 3 aromatic rings. The Labute approximate surface area is 175 Å². The third-order valence-electron chi connectivity index (χ3n) is 4.70. The van der Waals surface area contributed by atoms with Gasteiger partial charge in [0.05, 0.1) is 25.1 Å². The highest BCUT2D eigenvalue weighted by molar-refractivity contribution is 5.95. The Hall–Kier alpha value is -3.85. The maximum Gasteiger partial charge on any atom is 0.346 e. The monoisotopic (exact) mass is 401 g/mol. The Morgan fingerprint density at radius 2 is 1.90 bits per heavy atom. The molecular formula is C24H23N3O3. The molecule has 6 heteroatoms. The Morgan fingerprint density at radius 1 is 1.17 bits per heavy atom. The van der Waals surface area contributed by atoms with E-state index in [4.69, 9.17) is 0 Å². The average Bonchev–Trinajstić information content (AvgIpc) is 3.05. The van der Waals surface area contributed by atoms with Crippen LogP contribution in [0.3, 0.4) is 0 Å². The summed E-state index contributed by atoms with van der Waals surface area (Å²) < 4.78 is 3.07. The van der Waals surface area contributed by atoms with E-state index in [2.05, 4.69) is 16.9 Å². The number of aromatic carboxylic acids is 1. The Balaban J connectivity index is 1.92. The van der Waals surface area contributed by atoms with Crippen LogP contribution in [0, 0.1) is 11.8 Å². The lowest BCUT2D eigenvalue weighted by Crippen LogP contribution is -2.25. The highest BCUT2D eigenvalue weighted by Crippen LogP contribution is 2.24. The molecular weight excluding hydrogens is 378 g/mol. The normalized spacial score (nSPS) is 10.7. The lowest BCUT2D eigenvalue weighted by atomic mass is 9.99. The zero-order valence-electron chi connectivity index (χ0n) is 17.0. The largest absolute Gasteiger partial charge is 0.478 e. The van der Waals surface area contributed by atoms with E-state index in [-0.39, 0.29) is 11.3 Å². The van der Waals surface area contributed by atoms with Gasteiger partial charge in [0.25, 0.3) is 0 Å². The summed E-state index contributed by atoms with van der Waals surface area (Å²) in [5.41, 5.74) is 2.47. The highest BCUT2D eigenvalue weighted by Gasteiger charge is 2.14. The molecule has 1 aromatic heterocycles. The zero-order valence-corrected chi connectivity index (χ0v) is 17.0. The number of allylic oxidation sites excluding steroid dienone is 2. The fourth-order valence-corrected chi connectivity index (χ4v) is 3.16. The number of hydrogen-bond donors (Lipinski definition) is 1. The van der Waals surface area contributed by atoms with Gasteiger partial charge in [-0.1, -0.05) is 60.5 Å². The number of benzene rings is 2. The molecule has 6 nitrogen and oxygen atoms in total. The van der Waals surface area contributed by atoms with Crippen molar-refractivity contribution < 1.29 is 9.90 Å². The molecule has 1 heterocycles. The summed E-state index contributed by atoms with van der Waals surface area (Å²) in [5, 5.41) is 13.8. The standard InChI is InChI=1S/C24H23N3O3/c1-3-5-11-22-25-27(16-6-4-2)24(30)26(22)17-18-12-14-19(15-13-18)20-9-7-8-10-21(20)23(28)29/h4,6-10,12-15H,11,16-17H2,1-2H3,(H,28,29). The first-order valence-electron chi connectivity index (χ1n) is 9.64. The number of rotatable bonds is 7. The Kier molecular flexibility index (Phi) is 6.66. The van der Waals surface area contributed by atoms with E-state index in [0.717, 1.165) is 11.1 Å². The van der Waals surface area contributed by atoms with Crippen molar-refractivity contribution in [3.63, 3.8) is 0 Å². The summed E-state index contributed by atoms with van der Waals surface area (Å²) in [7, 11) is 0. The van der Waals surface area contributed by atoms with Gasteiger partial charge in [-0.3, -0.25) is 4.57 Å². The molecule has 0 saturated heterocycles. The molecule has 0 aliphatic carbocycles. The average molecular weight is 401 g/mol. The summed E-state index contributed by atoms with van der Waals surface area (Å²) in [4.78, 5) is 24.3. The molecule has 3 rings (SSSR count). The number of nitrogens with zero attached hydrogens (tertiary/aromatic N) is 3. The summed E-state index contributed by atoms with van der Waals surface area (Å²) in [5.74, 6) is 5.48. The minimum absolute atomic E-state index is 0.179. The fraction of sp³-hybridized carbons (Fsp3) is 0.208. The van der Waals surface area contributed by atoms with Crippen molar-refractivity contribution in [2.24, 2.45) is 0 Å². The number of aromatic nitrogens is 3. The lowest BCUT2D eigenvalue weighted by Gasteiger charge is -2.08. The first kappa shape index (κ1) is 20.9.